The standard InChI is InChI=1S/C16H27NO3/c1-19-15(18)13-4-9-17(10-5-13)14-6-11-20-16(12-14)7-2-3-8-16/h13-14H,2-12H2,1H3. The van der Waals surface area contributed by atoms with Crippen LogP contribution in [0.1, 0.15) is 51.4 Å². The zero-order valence-electron chi connectivity index (χ0n) is 12.6. The number of carbonyl (C=O) groups is 1. The van der Waals surface area contributed by atoms with Crippen molar-refractivity contribution in [1.29, 1.82) is 0 Å². The molecule has 0 aromatic heterocycles. The smallest absolute Gasteiger partial charge is 0.308 e. The Morgan fingerprint density at radius 1 is 1.20 bits per heavy atom. The van der Waals surface area contributed by atoms with E-state index in [-0.39, 0.29) is 17.5 Å². The van der Waals surface area contributed by atoms with E-state index in [0.717, 1.165) is 39.0 Å². The molecule has 0 aromatic rings. The highest BCUT2D eigenvalue weighted by atomic mass is 16.5. The van der Waals surface area contributed by atoms with Gasteiger partial charge in [0.2, 0.25) is 0 Å². The molecule has 1 aliphatic carbocycles. The van der Waals surface area contributed by atoms with Crippen molar-refractivity contribution < 1.29 is 14.3 Å². The first-order valence-electron chi connectivity index (χ1n) is 8.18. The lowest BCUT2D eigenvalue weighted by Gasteiger charge is -2.45. The molecular formula is C16H27NO3. The fourth-order valence-corrected chi connectivity index (χ4v) is 4.35. The van der Waals surface area contributed by atoms with Gasteiger partial charge in [0.1, 0.15) is 0 Å². The van der Waals surface area contributed by atoms with Gasteiger partial charge in [0.15, 0.2) is 0 Å². The summed E-state index contributed by atoms with van der Waals surface area (Å²) in [6.45, 7) is 3.00. The highest BCUT2D eigenvalue weighted by molar-refractivity contribution is 5.72. The first-order chi connectivity index (χ1) is 9.72. The van der Waals surface area contributed by atoms with Crippen LogP contribution >= 0.6 is 0 Å². The van der Waals surface area contributed by atoms with Crippen molar-refractivity contribution in [3.8, 4) is 0 Å². The molecule has 1 unspecified atom stereocenters. The third-order valence-corrected chi connectivity index (χ3v) is 5.56. The quantitative estimate of drug-likeness (QED) is 0.728. The molecule has 0 N–H and O–H groups in total. The number of hydrogen-bond donors (Lipinski definition) is 0. The molecule has 0 radical (unpaired) electrons. The summed E-state index contributed by atoms with van der Waals surface area (Å²) < 4.78 is 11.0. The molecule has 114 valence electrons. The predicted octanol–water partition coefficient (Wildman–Crippen LogP) is 2.36. The number of ether oxygens (including phenoxy) is 2. The van der Waals surface area contributed by atoms with Crippen LogP contribution < -0.4 is 0 Å². The lowest BCUT2D eigenvalue weighted by atomic mass is 9.86. The number of piperidine rings is 1. The number of esters is 1. The molecular weight excluding hydrogens is 254 g/mol. The van der Waals surface area contributed by atoms with E-state index in [0.29, 0.717) is 6.04 Å². The average molecular weight is 281 g/mol. The molecule has 3 fully saturated rings. The number of hydrogen-bond acceptors (Lipinski definition) is 4. The summed E-state index contributed by atoms with van der Waals surface area (Å²) in [5.74, 6) is 0.0976. The van der Waals surface area contributed by atoms with Crippen molar-refractivity contribution in [3.05, 3.63) is 0 Å². The van der Waals surface area contributed by atoms with Gasteiger partial charge in [0.25, 0.3) is 0 Å². The molecule has 0 bridgehead atoms. The molecule has 2 aliphatic heterocycles. The average Bonchev–Trinajstić information content (AvgIpc) is 2.94. The molecule has 3 rings (SSSR count). The minimum absolute atomic E-state index is 0.0242. The Balaban J connectivity index is 1.54. The Morgan fingerprint density at radius 3 is 2.55 bits per heavy atom. The summed E-state index contributed by atoms with van der Waals surface area (Å²) in [6.07, 6.45) is 9.44. The molecule has 2 saturated heterocycles. The summed E-state index contributed by atoms with van der Waals surface area (Å²) >= 11 is 0. The number of methoxy groups -OCH3 is 1. The maximum absolute atomic E-state index is 11.6. The van der Waals surface area contributed by atoms with Crippen LogP contribution in [-0.4, -0.2) is 49.3 Å². The largest absolute Gasteiger partial charge is 0.469 e. The first kappa shape index (κ1) is 14.3. The van der Waals surface area contributed by atoms with Crippen LogP contribution in [0.2, 0.25) is 0 Å². The minimum Gasteiger partial charge on any atom is -0.469 e. The monoisotopic (exact) mass is 281 g/mol. The van der Waals surface area contributed by atoms with Crippen molar-refractivity contribution in [1.82, 2.24) is 4.90 Å². The van der Waals surface area contributed by atoms with E-state index in [4.69, 9.17) is 9.47 Å². The molecule has 1 spiro atoms. The number of nitrogens with zero attached hydrogens (tertiary/aromatic N) is 1. The summed E-state index contributed by atoms with van der Waals surface area (Å²) in [5, 5.41) is 0. The third kappa shape index (κ3) is 2.86. The van der Waals surface area contributed by atoms with Crippen molar-refractivity contribution in [2.75, 3.05) is 26.8 Å². The Bertz CT molecular complexity index is 344. The lowest BCUT2D eigenvalue weighted by Crippen LogP contribution is -2.50. The molecule has 4 heteroatoms. The Labute approximate surface area is 121 Å². The van der Waals surface area contributed by atoms with Crippen LogP contribution in [0, 0.1) is 5.92 Å². The molecule has 3 aliphatic rings. The fraction of sp³-hybridized carbons (Fsp3) is 0.938. The van der Waals surface area contributed by atoms with Crippen molar-refractivity contribution >= 4 is 5.97 Å². The van der Waals surface area contributed by atoms with Gasteiger partial charge in [-0.15, -0.1) is 0 Å². The van der Waals surface area contributed by atoms with E-state index < -0.39 is 0 Å². The summed E-state index contributed by atoms with van der Waals surface area (Å²) in [4.78, 5) is 14.2. The van der Waals surface area contributed by atoms with Crippen LogP contribution in [0.3, 0.4) is 0 Å². The van der Waals surface area contributed by atoms with Crippen molar-refractivity contribution in [2.24, 2.45) is 5.92 Å². The Hall–Kier alpha value is -0.610. The van der Waals surface area contributed by atoms with E-state index >= 15 is 0 Å². The second-order valence-electron chi connectivity index (χ2n) is 6.72. The highest BCUT2D eigenvalue weighted by Crippen LogP contribution is 2.41. The van der Waals surface area contributed by atoms with Gasteiger partial charge in [0, 0.05) is 12.6 Å². The van der Waals surface area contributed by atoms with Crippen LogP contribution in [0.15, 0.2) is 0 Å². The number of rotatable bonds is 2. The van der Waals surface area contributed by atoms with E-state index in [1.807, 2.05) is 0 Å². The van der Waals surface area contributed by atoms with E-state index in [2.05, 4.69) is 4.90 Å². The summed E-state index contributed by atoms with van der Waals surface area (Å²) in [5.41, 5.74) is 0.197. The van der Waals surface area contributed by atoms with Gasteiger partial charge < -0.3 is 14.4 Å². The normalized spacial score (nSPS) is 31.6. The van der Waals surface area contributed by atoms with Gasteiger partial charge in [-0.2, -0.15) is 0 Å². The Kier molecular flexibility index (Phi) is 4.32. The second-order valence-corrected chi connectivity index (χ2v) is 6.72. The maximum atomic E-state index is 11.6. The molecule has 20 heavy (non-hydrogen) atoms. The minimum atomic E-state index is -0.0242. The molecule has 2 heterocycles. The molecule has 0 amide bonds. The van der Waals surface area contributed by atoms with Crippen LogP contribution in [-0.2, 0) is 14.3 Å². The van der Waals surface area contributed by atoms with E-state index in [1.54, 1.807) is 0 Å². The van der Waals surface area contributed by atoms with E-state index in [9.17, 15) is 4.79 Å². The topological polar surface area (TPSA) is 38.8 Å². The summed E-state index contributed by atoms with van der Waals surface area (Å²) in [6, 6.07) is 0.667. The van der Waals surface area contributed by atoms with Gasteiger partial charge in [0.05, 0.1) is 18.6 Å². The maximum Gasteiger partial charge on any atom is 0.308 e. The first-order valence-corrected chi connectivity index (χ1v) is 8.18. The van der Waals surface area contributed by atoms with Crippen LogP contribution in [0.25, 0.3) is 0 Å². The number of carbonyl (C=O) groups excluding carboxylic acids is 1. The molecule has 1 saturated carbocycles. The van der Waals surface area contributed by atoms with Gasteiger partial charge in [-0.3, -0.25) is 4.79 Å². The zero-order valence-corrected chi connectivity index (χ0v) is 12.6. The van der Waals surface area contributed by atoms with Crippen molar-refractivity contribution in [3.63, 3.8) is 0 Å². The highest BCUT2D eigenvalue weighted by Gasteiger charge is 2.42. The van der Waals surface area contributed by atoms with Gasteiger partial charge in [-0.25, -0.2) is 0 Å². The zero-order chi connectivity index (χ0) is 14.0. The predicted molar refractivity (Wildman–Crippen MR) is 76.5 cm³/mol. The van der Waals surface area contributed by atoms with Crippen LogP contribution in [0.4, 0.5) is 0 Å². The Morgan fingerprint density at radius 2 is 1.90 bits per heavy atom. The molecule has 0 aromatic carbocycles. The number of likely N-dealkylation sites (tertiary alicyclic amines) is 1. The fourth-order valence-electron chi connectivity index (χ4n) is 4.35. The molecule has 1 atom stereocenters. The van der Waals surface area contributed by atoms with E-state index in [1.165, 1.54) is 39.2 Å². The van der Waals surface area contributed by atoms with Gasteiger partial charge in [-0.1, -0.05) is 12.8 Å². The summed E-state index contributed by atoms with van der Waals surface area (Å²) in [7, 11) is 1.50. The van der Waals surface area contributed by atoms with Gasteiger partial charge in [-0.05, 0) is 51.6 Å². The van der Waals surface area contributed by atoms with Gasteiger partial charge >= 0.3 is 5.97 Å². The van der Waals surface area contributed by atoms with Crippen LogP contribution in [0.5, 0.6) is 0 Å². The lowest BCUT2D eigenvalue weighted by molar-refractivity contribution is -0.148. The molecule has 4 nitrogen and oxygen atoms in total. The second kappa shape index (κ2) is 6.02. The van der Waals surface area contributed by atoms with Crippen molar-refractivity contribution in [2.45, 2.75) is 63.0 Å². The SMILES string of the molecule is COC(=O)C1CCN(C2CCOC3(CCCC3)C2)CC1. The third-order valence-electron chi connectivity index (χ3n) is 5.56.